The molecule has 0 aliphatic heterocycles. The van der Waals surface area contributed by atoms with Gasteiger partial charge in [-0.1, -0.05) is 30.3 Å². The van der Waals surface area contributed by atoms with E-state index in [1.165, 1.54) is 6.20 Å². The van der Waals surface area contributed by atoms with E-state index < -0.39 is 16.6 Å². The molecule has 1 aromatic heterocycles. The molecule has 3 rings (SSSR count). The molecule has 0 amide bonds. The molecule has 0 radical (unpaired) electrons. The molecule has 0 unspecified atom stereocenters. The van der Waals surface area contributed by atoms with Gasteiger partial charge in [-0.3, -0.25) is 4.72 Å². The minimum absolute atomic E-state index is 0.0237. The van der Waals surface area contributed by atoms with Gasteiger partial charge in [-0.2, -0.15) is 8.78 Å². The summed E-state index contributed by atoms with van der Waals surface area (Å²) in [5.74, 6) is -0.296. The average molecular weight is 486 g/mol. The molecule has 2 aromatic carbocycles. The van der Waals surface area contributed by atoms with Crippen LogP contribution in [0.2, 0.25) is 0 Å². The van der Waals surface area contributed by atoms with Gasteiger partial charge in [0.05, 0.1) is 11.1 Å². The number of sulfonamides is 1. The number of aromatic nitrogens is 2. The normalized spacial score (nSPS) is 11.3. The van der Waals surface area contributed by atoms with Crippen molar-refractivity contribution in [3.05, 3.63) is 71.0 Å². The summed E-state index contributed by atoms with van der Waals surface area (Å²) in [6, 6.07) is 13.8. The maximum atomic E-state index is 12.6. The minimum atomic E-state index is -4.07. The van der Waals surface area contributed by atoms with Crippen molar-refractivity contribution in [2.45, 2.75) is 18.1 Å². The first kappa shape index (κ1) is 20.9. The van der Waals surface area contributed by atoms with Crippen LogP contribution >= 0.6 is 15.9 Å². The number of alkyl halides is 2. The van der Waals surface area contributed by atoms with Crippen LogP contribution < -0.4 is 14.2 Å². The molecular weight excluding hydrogens is 472 g/mol. The number of ether oxygens (including phenoxy) is 2. The van der Waals surface area contributed by atoms with Gasteiger partial charge in [0, 0.05) is 0 Å². The number of benzene rings is 2. The zero-order chi connectivity index (χ0) is 20.9. The molecule has 0 fully saturated rings. The highest BCUT2D eigenvalue weighted by Gasteiger charge is 2.19. The van der Waals surface area contributed by atoms with Crippen LogP contribution in [0, 0.1) is 0 Å². The van der Waals surface area contributed by atoms with Gasteiger partial charge in [0.25, 0.3) is 15.9 Å². The molecule has 0 aliphatic rings. The number of anilines is 1. The highest BCUT2D eigenvalue weighted by Crippen LogP contribution is 2.26. The van der Waals surface area contributed by atoms with Crippen molar-refractivity contribution in [3.63, 3.8) is 0 Å². The highest BCUT2D eigenvalue weighted by molar-refractivity contribution is 9.10. The second-order valence-corrected chi connectivity index (χ2v) is 8.07. The highest BCUT2D eigenvalue weighted by atomic mass is 79.9. The Morgan fingerprint density at radius 3 is 2.41 bits per heavy atom. The van der Waals surface area contributed by atoms with Crippen LogP contribution in [0.1, 0.15) is 5.56 Å². The zero-order valence-electron chi connectivity index (χ0n) is 14.6. The van der Waals surface area contributed by atoms with Crippen molar-refractivity contribution >= 4 is 31.8 Å². The average Bonchev–Trinajstić information content (AvgIpc) is 2.69. The van der Waals surface area contributed by atoms with Gasteiger partial charge in [0.15, 0.2) is 0 Å². The van der Waals surface area contributed by atoms with Crippen LogP contribution in [0.4, 0.5) is 14.6 Å². The molecule has 0 spiro atoms. The van der Waals surface area contributed by atoms with Crippen molar-refractivity contribution in [3.8, 4) is 11.6 Å². The number of hydrogen-bond acceptors (Lipinski definition) is 6. The van der Waals surface area contributed by atoms with E-state index in [2.05, 4.69) is 35.4 Å². The standard InChI is InChI=1S/C18H14BrF2N3O4S/c19-15-10-22-16(17(23-15)27-11-12-4-2-1-3-5-12)24-29(25,26)14-8-6-13(7-9-14)28-18(20)21/h1-10,18H,11H2,(H,22,24). The molecule has 3 aromatic rings. The first-order valence-electron chi connectivity index (χ1n) is 8.10. The van der Waals surface area contributed by atoms with Crippen LogP contribution in [-0.2, 0) is 16.6 Å². The largest absolute Gasteiger partial charge is 0.470 e. The molecule has 29 heavy (non-hydrogen) atoms. The number of hydrogen-bond donors (Lipinski definition) is 1. The lowest BCUT2D eigenvalue weighted by atomic mass is 10.2. The molecular formula is C18H14BrF2N3O4S. The summed E-state index contributed by atoms with van der Waals surface area (Å²) >= 11 is 3.17. The number of rotatable bonds is 8. The second-order valence-electron chi connectivity index (χ2n) is 5.58. The Labute approximate surface area is 173 Å². The third-order valence-corrected chi connectivity index (χ3v) is 5.26. The third-order valence-electron chi connectivity index (χ3n) is 3.52. The fourth-order valence-corrected chi connectivity index (χ4v) is 3.51. The Morgan fingerprint density at radius 2 is 1.76 bits per heavy atom. The molecule has 11 heteroatoms. The molecule has 1 N–H and O–H groups in total. The quantitative estimate of drug-likeness (QED) is 0.513. The van der Waals surface area contributed by atoms with Crippen LogP contribution in [0.25, 0.3) is 0 Å². The van der Waals surface area contributed by atoms with E-state index in [4.69, 9.17) is 4.74 Å². The fourth-order valence-electron chi connectivity index (χ4n) is 2.23. The zero-order valence-corrected chi connectivity index (χ0v) is 17.0. The van der Waals surface area contributed by atoms with E-state index in [-0.39, 0.29) is 28.9 Å². The monoisotopic (exact) mass is 485 g/mol. The van der Waals surface area contributed by atoms with Gasteiger partial charge in [-0.05, 0) is 45.8 Å². The number of nitrogens with one attached hydrogen (secondary N) is 1. The topological polar surface area (TPSA) is 90.4 Å². The third kappa shape index (κ3) is 5.84. The second kappa shape index (κ2) is 9.14. The molecule has 1 heterocycles. The Hall–Kier alpha value is -2.79. The van der Waals surface area contributed by atoms with E-state index >= 15 is 0 Å². The predicted octanol–water partition coefficient (Wildman–Crippen LogP) is 4.22. The fraction of sp³-hybridized carbons (Fsp3) is 0.111. The van der Waals surface area contributed by atoms with E-state index in [0.29, 0.717) is 4.60 Å². The Kier molecular flexibility index (Phi) is 6.60. The van der Waals surface area contributed by atoms with E-state index in [9.17, 15) is 17.2 Å². The van der Waals surface area contributed by atoms with Crippen molar-refractivity contribution < 1.29 is 26.7 Å². The van der Waals surface area contributed by atoms with Crippen LogP contribution in [0.15, 0.2) is 70.3 Å². The Balaban J connectivity index is 1.79. The van der Waals surface area contributed by atoms with Crippen molar-refractivity contribution in [1.29, 1.82) is 0 Å². The lowest BCUT2D eigenvalue weighted by Gasteiger charge is -2.12. The summed E-state index contributed by atoms with van der Waals surface area (Å²) < 4.78 is 62.2. The molecule has 152 valence electrons. The summed E-state index contributed by atoms with van der Waals surface area (Å²) in [6.07, 6.45) is 1.31. The summed E-state index contributed by atoms with van der Waals surface area (Å²) in [4.78, 5) is 7.96. The van der Waals surface area contributed by atoms with Crippen molar-refractivity contribution in [1.82, 2.24) is 9.97 Å². The van der Waals surface area contributed by atoms with Crippen LogP contribution in [0.5, 0.6) is 11.6 Å². The maximum Gasteiger partial charge on any atom is 0.387 e. The van der Waals surface area contributed by atoms with E-state index in [0.717, 1.165) is 29.8 Å². The number of halogens is 3. The molecule has 0 aliphatic carbocycles. The molecule has 0 bridgehead atoms. The Bertz CT molecular complexity index is 1070. The predicted molar refractivity (Wildman–Crippen MR) is 104 cm³/mol. The van der Waals surface area contributed by atoms with Crippen LogP contribution in [0.3, 0.4) is 0 Å². The minimum Gasteiger partial charge on any atom is -0.470 e. The van der Waals surface area contributed by atoms with Crippen LogP contribution in [-0.4, -0.2) is 25.0 Å². The molecule has 0 saturated heterocycles. The first-order chi connectivity index (χ1) is 13.8. The van der Waals surface area contributed by atoms with Gasteiger partial charge in [-0.15, -0.1) is 0 Å². The van der Waals surface area contributed by atoms with Crippen molar-refractivity contribution in [2.24, 2.45) is 0 Å². The molecule has 7 nitrogen and oxygen atoms in total. The summed E-state index contributed by atoms with van der Waals surface area (Å²) in [5.41, 5.74) is 0.859. The van der Waals surface area contributed by atoms with Gasteiger partial charge in [-0.25, -0.2) is 18.4 Å². The lowest BCUT2D eigenvalue weighted by Crippen LogP contribution is -2.15. The summed E-state index contributed by atoms with van der Waals surface area (Å²) in [6.45, 7) is -2.85. The number of nitrogens with zero attached hydrogens (tertiary/aromatic N) is 2. The smallest absolute Gasteiger partial charge is 0.387 e. The molecule has 0 atom stereocenters. The van der Waals surface area contributed by atoms with Gasteiger partial charge in [0.1, 0.15) is 17.0 Å². The Morgan fingerprint density at radius 1 is 1.07 bits per heavy atom. The lowest BCUT2D eigenvalue weighted by molar-refractivity contribution is -0.0498. The first-order valence-corrected chi connectivity index (χ1v) is 10.4. The summed E-state index contributed by atoms with van der Waals surface area (Å²) in [7, 11) is -4.07. The molecule has 0 saturated carbocycles. The van der Waals surface area contributed by atoms with Gasteiger partial charge >= 0.3 is 6.61 Å². The SMILES string of the molecule is O=S(=O)(Nc1ncc(Br)nc1OCc1ccccc1)c1ccc(OC(F)F)cc1. The van der Waals surface area contributed by atoms with Crippen molar-refractivity contribution in [2.75, 3.05) is 4.72 Å². The maximum absolute atomic E-state index is 12.6. The van der Waals surface area contributed by atoms with E-state index in [1.54, 1.807) is 0 Å². The van der Waals surface area contributed by atoms with Gasteiger partial charge < -0.3 is 9.47 Å². The summed E-state index contributed by atoms with van der Waals surface area (Å²) in [5, 5.41) is 0. The van der Waals surface area contributed by atoms with E-state index in [1.807, 2.05) is 30.3 Å². The van der Waals surface area contributed by atoms with Gasteiger partial charge in [0.2, 0.25) is 5.82 Å².